The first-order valence-corrected chi connectivity index (χ1v) is 8.46. The Hall–Kier alpha value is -2.42. The van der Waals surface area contributed by atoms with E-state index in [1.807, 2.05) is 51.1 Å². The molecule has 128 valence electrons. The number of rotatable bonds is 4. The van der Waals surface area contributed by atoms with Gasteiger partial charge in [0.2, 0.25) is 5.91 Å². The molecule has 0 bridgehead atoms. The van der Waals surface area contributed by atoms with Gasteiger partial charge in [0.05, 0.1) is 16.8 Å². The average Bonchev–Trinajstić information content (AvgIpc) is 2.54. The van der Waals surface area contributed by atoms with Crippen molar-refractivity contribution in [2.24, 2.45) is 5.92 Å². The largest absolute Gasteiger partial charge is 0.348 e. The molecule has 4 nitrogen and oxygen atoms in total. The van der Waals surface area contributed by atoms with Crippen molar-refractivity contribution < 1.29 is 4.79 Å². The van der Waals surface area contributed by atoms with Crippen molar-refractivity contribution >= 4 is 46.1 Å². The number of carbonyl (C=O) groups is 1. The van der Waals surface area contributed by atoms with Gasteiger partial charge in [-0.2, -0.15) is 5.26 Å². The average molecular weight is 372 g/mol. The van der Waals surface area contributed by atoms with Gasteiger partial charge in [-0.15, -0.1) is 0 Å². The number of hydrogen-bond donors (Lipinski definition) is 2. The number of benzene rings is 2. The third kappa shape index (κ3) is 4.56. The molecule has 1 atom stereocenters. The molecule has 25 heavy (non-hydrogen) atoms. The molecule has 0 saturated heterocycles. The first-order chi connectivity index (χ1) is 11.8. The van der Waals surface area contributed by atoms with E-state index in [2.05, 4.69) is 10.6 Å². The second-order valence-corrected chi connectivity index (χ2v) is 6.64. The molecule has 1 amide bonds. The lowest BCUT2D eigenvalue weighted by atomic mass is 10.1. The molecule has 0 spiro atoms. The fraction of sp³-hybridized carbons (Fsp3) is 0.211. The minimum absolute atomic E-state index is 0.150. The highest BCUT2D eigenvalue weighted by Crippen LogP contribution is 2.26. The standard InChI is InChI=1S/C19H18ClN3OS/c1-11-7-8-16(13(3)9-11)22-19(25)14(10-21)18(24)23-17-12(2)5-4-6-15(17)20/h4-9,14H,1-3H3,(H,22,25)(H,23,24)/t14-/m0/s1. The number of amides is 1. The number of para-hydroxylation sites is 1. The zero-order valence-electron chi connectivity index (χ0n) is 14.2. The van der Waals surface area contributed by atoms with Gasteiger partial charge in [-0.05, 0) is 44.0 Å². The lowest BCUT2D eigenvalue weighted by Crippen LogP contribution is -2.32. The number of hydrogen-bond acceptors (Lipinski definition) is 3. The second-order valence-electron chi connectivity index (χ2n) is 5.79. The molecule has 0 radical (unpaired) electrons. The van der Waals surface area contributed by atoms with Crippen LogP contribution < -0.4 is 10.6 Å². The van der Waals surface area contributed by atoms with Crippen LogP contribution in [-0.2, 0) is 4.79 Å². The molecule has 0 aliphatic rings. The quantitative estimate of drug-likeness (QED) is 0.759. The summed E-state index contributed by atoms with van der Waals surface area (Å²) in [5, 5.41) is 15.5. The van der Waals surface area contributed by atoms with Crippen molar-refractivity contribution in [3.63, 3.8) is 0 Å². The van der Waals surface area contributed by atoms with Gasteiger partial charge in [0, 0.05) is 5.69 Å². The van der Waals surface area contributed by atoms with Crippen molar-refractivity contribution in [2.75, 3.05) is 10.6 Å². The molecule has 2 aromatic carbocycles. The number of halogens is 1. The Balaban J connectivity index is 2.17. The summed E-state index contributed by atoms with van der Waals surface area (Å²) in [7, 11) is 0. The summed E-state index contributed by atoms with van der Waals surface area (Å²) >= 11 is 11.4. The zero-order valence-corrected chi connectivity index (χ0v) is 15.8. The predicted octanol–water partition coefficient (Wildman–Crippen LogP) is 4.78. The summed E-state index contributed by atoms with van der Waals surface area (Å²) in [5.74, 6) is -1.63. The van der Waals surface area contributed by atoms with Crippen LogP contribution in [0.1, 0.15) is 16.7 Å². The van der Waals surface area contributed by atoms with E-state index in [-0.39, 0.29) is 4.99 Å². The Labute approximate surface area is 157 Å². The minimum Gasteiger partial charge on any atom is -0.348 e. The van der Waals surface area contributed by atoms with Gasteiger partial charge in [0.1, 0.15) is 4.99 Å². The fourth-order valence-corrected chi connectivity index (χ4v) is 2.92. The Morgan fingerprint density at radius 1 is 1.16 bits per heavy atom. The van der Waals surface area contributed by atoms with Crippen LogP contribution >= 0.6 is 23.8 Å². The molecule has 0 unspecified atom stereocenters. The van der Waals surface area contributed by atoms with Gasteiger partial charge in [0.25, 0.3) is 0 Å². The van der Waals surface area contributed by atoms with Crippen LogP contribution in [0.25, 0.3) is 0 Å². The van der Waals surface area contributed by atoms with E-state index in [9.17, 15) is 10.1 Å². The summed E-state index contributed by atoms with van der Waals surface area (Å²) < 4.78 is 0. The van der Waals surface area contributed by atoms with Crippen molar-refractivity contribution in [2.45, 2.75) is 20.8 Å². The molecule has 0 heterocycles. The highest BCUT2D eigenvalue weighted by molar-refractivity contribution is 7.80. The molecule has 2 aromatic rings. The summed E-state index contributed by atoms with van der Waals surface area (Å²) in [6, 6.07) is 13.1. The molecule has 0 aromatic heterocycles. The first kappa shape index (κ1) is 18.9. The molecule has 0 aliphatic carbocycles. The lowest BCUT2D eigenvalue weighted by molar-refractivity contribution is -0.116. The van der Waals surface area contributed by atoms with E-state index in [1.54, 1.807) is 12.1 Å². The van der Waals surface area contributed by atoms with Crippen molar-refractivity contribution in [3.05, 3.63) is 58.1 Å². The highest BCUT2D eigenvalue weighted by atomic mass is 35.5. The number of nitrogens with zero attached hydrogens (tertiary/aromatic N) is 1. The van der Waals surface area contributed by atoms with Crippen molar-refractivity contribution in [1.29, 1.82) is 5.26 Å². The van der Waals surface area contributed by atoms with E-state index >= 15 is 0 Å². The number of anilines is 2. The van der Waals surface area contributed by atoms with Crippen LogP contribution in [0.3, 0.4) is 0 Å². The van der Waals surface area contributed by atoms with E-state index in [0.29, 0.717) is 10.7 Å². The van der Waals surface area contributed by atoms with Crippen LogP contribution in [0.2, 0.25) is 5.02 Å². The number of carbonyl (C=O) groups excluding carboxylic acids is 1. The van der Waals surface area contributed by atoms with Crippen molar-refractivity contribution in [1.82, 2.24) is 0 Å². The third-order valence-electron chi connectivity index (χ3n) is 3.76. The third-order valence-corrected chi connectivity index (χ3v) is 4.42. The van der Waals surface area contributed by atoms with E-state index in [4.69, 9.17) is 23.8 Å². The number of nitriles is 1. The smallest absolute Gasteiger partial charge is 0.248 e. The molecule has 0 saturated carbocycles. The summed E-state index contributed by atoms with van der Waals surface area (Å²) in [6.07, 6.45) is 0. The summed E-state index contributed by atoms with van der Waals surface area (Å²) in [6.45, 7) is 5.76. The van der Waals surface area contributed by atoms with Crippen LogP contribution in [0.5, 0.6) is 0 Å². The zero-order chi connectivity index (χ0) is 18.6. The highest BCUT2D eigenvalue weighted by Gasteiger charge is 2.24. The number of aryl methyl sites for hydroxylation is 3. The second kappa shape index (κ2) is 8.11. The minimum atomic E-state index is -1.12. The normalized spacial score (nSPS) is 11.3. The molecule has 2 rings (SSSR count). The fourth-order valence-electron chi connectivity index (χ4n) is 2.38. The van der Waals surface area contributed by atoms with Crippen LogP contribution in [0, 0.1) is 38.0 Å². The summed E-state index contributed by atoms with van der Waals surface area (Å²) in [5.41, 5.74) is 4.19. The maximum atomic E-state index is 12.5. The molecule has 0 fully saturated rings. The topological polar surface area (TPSA) is 64.9 Å². The van der Waals surface area contributed by atoms with Gasteiger partial charge in [-0.3, -0.25) is 4.79 Å². The Kier molecular flexibility index (Phi) is 6.13. The Morgan fingerprint density at radius 2 is 1.88 bits per heavy atom. The Morgan fingerprint density at radius 3 is 2.48 bits per heavy atom. The maximum Gasteiger partial charge on any atom is 0.248 e. The monoisotopic (exact) mass is 371 g/mol. The Bertz CT molecular complexity index is 853. The first-order valence-electron chi connectivity index (χ1n) is 7.67. The number of nitrogens with one attached hydrogen (secondary N) is 2. The molecule has 6 heteroatoms. The predicted molar refractivity (Wildman–Crippen MR) is 106 cm³/mol. The van der Waals surface area contributed by atoms with Crippen LogP contribution in [-0.4, -0.2) is 10.9 Å². The van der Waals surface area contributed by atoms with Gasteiger partial charge in [-0.25, -0.2) is 0 Å². The van der Waals surface area contributed by atoms with Gasteiger partial charge >= 0.3 is 0 Å². The van der Waals surface area contributed by atoms with Crippen LogP contribution in [0.15, 0.2) is 36.4 Å². The van der Waals surface area contributed by atoms with Gasteiger partial charge in [-0.1, -0.05) is 53.6 Å². The molecular weight excluding hydrogens is 354 g/mol. The van der Waals surface area contributed by atoms with Gasteiger partial charge < -0.3 is 10.6 Å². The van der Waals surface area contributed by atoms with E-state index in [0.717, 1.165) is 22.4 Å². The van der Waals surface area contributed by atoms with Crippen LogP contribution in [0.4, 0.5) is 11.4 Å². The van der Waals surface area contributed by atoms with E-state index in [1.165, 1.54) is 0 Å². The lowest BCUT2D eigenvalue weighted by Gasteiger charge is -2.16. The molecule has 2 N–H and O–H groups in total. The van der Waals surface area contributed by atoms with E-state index < -0.39 is 11.8 Å². The SMILES string of the molecule is Cc1ccc(NC(=S)[C@@H](C#N)C(=O)Nc2c(C)cccc2Cl)c(C)c1. The maximum absolute atomic E-state index is 12.5. The molecular formula is C19H18ClN3OS. The summed E-state index contributed by atoms with van der Waals surface area (Å²) in [4.78, 5) is 12.6. The van der Waals surface area contributed by atoms with Crippen molar-refractivity contribution in [3.8, 4) is 6.07 Å². The number of thiocarbonyl (C=S) groups is 1. The van der Waals surface area contributed by atoms with Gasteiger partial charge in [0.15, 0.2) is 5.92 Å². The molecule has 0 aliphatic heterocycles.